The zero-order valence-electron chi connectivity index (χ0n) is 11.1. The molecule has 0 aliphatic heterocycles. The number of rotatable bonds is 4. The van der Waals surface area contributed by atoms with Crippen LogP contribution < -0.4 is 5.32 Å². The summed E-state index contributed by atoms with van der Waals surface area (Å²) >= 11 is 1.16. The molecule has 1 N–H and O–H groups in total. The van der Waals surface area contributed by atoms with E-state index in [0.717, 1.165) is 11.3 Å². The van der Waals surface area contributed by atoms with Crippen molar-refractivity contribution in [3.05, 3.63) is 11.1 Å². The fourth-order valence-electron chi connectivity index (χ4n) is 1.07. The lowest BCUT2D eigenvalue weighted by Crippen LogP contribution is -2.27. The van der Waals surface area contributed by atoms with Crippen molar-refractivity contribution in [1.29, 1.82) is 0 Å². The number of oxime groups is 1. The maximum absolute atomic E-state index is 11.5. The highest BCUT2D eigenvalue weighted by Crippen LogP contribution is 2.17. The lowest BCUT2D eigenvalue weighted by Gasteiger charge is -2.18. The van der Waals surface area contributed by atoms with Crippen molar-refractivity contribution in [2.45, 2.75) is 26.4 Å². The first-order valence-electron chi connectivity index (χ1n) is 5.38. The van der Waals surface area contributed by atoms with Gasteiger partial charge in [0.05, 0.1) is 0 Å². The van der Waals surface area contributed by atoms with Gasteiger partial charge in [-0.3, -0.25) is 10.1 Å². The van der Waals surface area contributed by atoms with Gasteiger partial charge in [-0.1, -0.05) is 5.16 Å². The lowest BCUT2D eigenvalue weighted by molar-refractivity contribution is -0.102. The van der Waals surface area contributed by atoms with Gasteiger partial charge in [0.2, 0.25) is 0 Å². The van der Waals surface area contributed by atoms with Crippen molar-refractivity contribution in [3.8, 4) is 0 Å². The average Bonchev–Trinajstić information content (AvgIpc) is 2.71. The van der Waals surface area contributed by atoms with Crippen LogP contribution in [0.1, 0.15) is 26.5 Å². The molecule has 0 unspecified atom stereocenters. The molecule has 0 aliphatic carbocycles. The number of hydrogen-bond donors (Lipinski definition) is 1. The molecule has 0 aliphatic rings. The highest BCUT2D eigenvalue weighted by atomic mass is 32.1. The monoisotopic (exact) mass is 285 g/mol. The maximum Gasteiger partial charge on any atom is 0.413 e. The summed E-state index contributed by atoms with van der Waals surface area (Å²) in [5.41, 5.74) is -0.209. The molecule has 0 atom stereocenters. The molecule has 7 nitrogen and oxygen atoms in total. The van der Waals surface area contributed by atoms with Gasteiger partial charge in [0.25, 0.3) is 0 Å². The summed E-state index contributed by atoms with van der Waals surface area (Å²) in [4.78, 5) is 30.8. The SMILES string of the molecule is CO/N=C(/C=O)c1csc(NC(=O)OC(C)(C)C)n1. The summed E-state index contributed by atoms with van der Waals surface area (Å²) in [7, 11) is 1.33. The standard InChI is InChI=1S/C11H15N3O4S/c1-11(2,3)18-10(16)13-9-12-8(6-19-9)7(5-15)14-17-4/h5-6H,1-4H3,(H,12,13,16)/b14-7-. The first-order chi connectivity index (χ1) is 8.85. The van der Waals surface area contributed by atoms with Gasteiger partial charge in [0, 0.05) is 5.38 Å². The summed E-state index contributed by atoms with van der Waals surface area (Å²) < 4.78 is 5.08. The van der Waals surface area contributed by atoms with Gasteiger partial charge < -0.3 is 9.57 Å². The Bertz CT molecular complexity index is 490. The van der Waals surface area contributed by atoms with E-state index >= 15 is 0 Å². The molecule has 19 heavy (non-hydrogen) atoms. The van der Waals surface area contributed by atoms with Crippen LogP contribution >= 0.6 is 11.3 Å². The maximum atomic E-state index is 11.5. The number of nitrogens with one attached hydrogen (secondary N) is 1. The number of amides is 1. The van der Waals surface area contributed by atoms with E-state index < -0.39 is 11.7 Å². The van der Waals surface area contributed by atoms with E-state index in [1.54, 1.807) is 26.2 Å². The van der Waals surface area contributed by atoms with E-state index in [0.29, 0.717) is 17.1 Å². The van der Waals surface area contributed by atoms with Crippen molar-refractivity contribution in [3.63, 3.8) is 0 Å². The molecular formula is C11H15N3O4S. The zero-order valence-corrected chi connectivity index (χ0v) is 11.9. The predicted molar refractivity (Wildman–Crippen MR) is 71.6 cm³/mol. The first-order valence-corrected chi connectivity index (χ1v) is 6.26. The molecule has 0 aromatic carbocycles. The second-order valence-corrected chi connectivity index (χ2v) is 5.30. The van der Waals surface area contributed by atoms with Crippen molar-refractivity contribution in [2.24, 2.45) is 5.16 Å². The Kier molecular flexibility index (Phi) is 4.99. The molecule has 1 rings (SSSR count). The molecule has 1 heterocycles. The number of carbonyl (C=O) groups excluding carboxylic acids is 2. The highest BCUT2D eigenvalue weighted by molar-refractivity contribution is 7.14. The van der Waals surface area contributed by atoms with Crippen LogP contribution in [0.3, 0.4) is 0 Å². The molecular weight excluding hydrogens is 270 g/mol. The Balaban J connectivity index is 2.73. The number of hydrogen-bond acceptors (Lipinski definition) is 7. The minimum atomic E-state index is -0.607. The fourth-order valence-corrected chi connectivity index (χ4v) is 1.76. The quantitative estimate of drug-likeness (QED) is 0.519. The van der Waals surface area contributed by atoms with Crippen LogP contribution in [-0.2, 0) is 14.4 Å². The Labute approximate surface area is 114 Å². The van der Waals surface area contributed by atoms with Gasteiger partial charge in [0.15, 0.2) is 17.1 Å². The number of aldehydes is 1. The smallest absolute Gasteiger partial charge is 0.413 e. The van der Waals surface area contributed by atoms with Crippen LogP contribution in [0.2, 0.25) is 0 Å². The molecule has 0 bridgehead atoms. The van der Waals surface area contributed by atoms with E-state index in [2.05, 4.69) is 20.3 Å². The predicted octanol–water partition coefficient (Wildman–Crippen LogP) is 2.04. The molecule has 1 amide bonds. The van der Waals surface area contributed by atoms with Gasteiger partial charge >= 0.3 is 6.09 Å². The number of aromatic nitrogens is 1. The lowest BCUT2D eigenvalue weighted by atomic mass is 10.2. The van der Waals surface area contributed by atoms with Crippen LogP contribution in [-0.4, -0.2) is 35.8 Å². The van der Waals surface area contributed by atoms with Crippen LogP contribution in [0.25, 0.3) is 0 Å². The zero-order chi connectivity index (χ0) is 14.5. The van der Waals surface area contributed by atoms with Crippen molar-refractivity contribution < 1.29 is 19.2 Å². The van der Waals surface area contributed by atoms with Crippen LogP contribution in [0.4, 0.5) is 9.93 Å². The third kappa shape index (κ3) is 5.04. The molecule has 0 spiro atoms. The number of ether oxygens (including phenoxy) is 1. The third-order valence-electron chi connectivity index (χ3n) is 1.68. The van der Waals surface area contributed by atoms with Crippen LogP contribution in [0.5, 0.6) is 0 Å². The normalized spacial score (nSPS) is 11.9. The van der Waals surface area contributed by atoms with E-state index in [1.165, 1.54) is 7.11 Å². The van der Waals surface area contributed by atoms with E-state index in [9.17, 15) is 9.59 Å². The third-order valence-corrected chi connectivity index (χ3v) is 2.43. The van der Waals surface area contributed by atoms with Gasteiger partial charge in [-0.25, -0.2) is 9.78 Å². The van der Waals surface area contributed by atoms with Gasteiger partial charge in [0.1, 0.15) is 18.4 Å². The summed E-state index contributed by atoms with van der Waals surface area (Å²) in [6.45, 7) is 5.28. The average molecular weight is 285 g/mol. The number of carbonyl (C=O) groups is 2. The van der Waals surface area contributed by atoms with Crippen LogP contribution in [0.15, 0.2) is 10.5 Å². The Morgan fingerprint density at radius 2 is 2.21 bits per heavy atom. The largest absolute Gasteiger partial charge is 0.444 e. The van der Waals surface area contributed by atoms with Crippen LogP contribution in [0, 0.1) is 0 Å². The number of anilines is 1. The minimum Gasteiger partial charge on any atom is -0.444 e. The molecule has 0 fully saturated rings. The molecule has 0 saturated heterocycles. The minimum absolute atomic E-state index is 0.0518. The second-order valence-electron chi connectivity index (χ2n) is 4.44. The second kappa shape index (κ2) is 6.28. The number of nitrogens with zero attached hydrogens (tertiary/aromatic N) is 2. The molecule has 1 aromatic heterocycles. The van der Waals surface area contributed by atoms with Crippen molar-refractivity contribution in [2.75, 3.05) is 12.4 Å². The highest BCUT2D eigenvalue weighted by Gasteiger charge is 2.17. The topological polar surface area (TPSA) is 89.9 Å². The Morgan fingerprint density at radius 3 is 2.74 bits per heavy atom. The van der Waals surface area contributed by atoms with E-state index in [1.807, 2.05) is 0 Å². The molecule has 0 radical (unpaired) electrons. The van der Waals surface area contributed by atoms with E-state index in [-0.39, 0.29) is 5.71 Å². The van der Waals surface area contributed by atoms with E-state index in [4.69, 9.17) is 4.74 Å². The Morgan fingerprint density at radius 1 is 1.53 bits per heavy atom. The summed E-state index contributed by atoms with van der Waals surface area (Å²) in [5.74, 6) is 0. The van der Waals surface area contributed by atoms with Gasteiger partial charge in [-0.05, 0) is 20.8 Å². The fraction of sp³-hybridized carbons (Fsp3) is 0.455. The molecule has 104 valence electrons. The Hall–Kier alpha value is -1.96. The van der Waals surface area contributed by atoms with Gasteiger partial charge in [-0.2, -0.15) is 0 Å². The van der Waals surface area contributed by atoms with Gasteiger partial charge in [-0.15, -0.1) is 11.3 Å². The first kappa shape index (κ1) is 15.1. The molecule has 0 saturated carbocycles. The molecule has 8 heteroatoms. The summed E-state index contributed by atoms with van der Waals surface area (Å²) in [6.07, 6.45) is -0.0831. The summed E-state index contributed by atoms with van der Waals surface area (Å²) in [5, 5.41) is 7.89. The van der Waals surface area contributed by atoms with Crippen molar-refractivity contribution >= 4 is 34.6 Å². The summed E-state index contributed by atoms with van der Waals surface area (Å²) in [6, 6.07) is 0. The number of thiazole rings is 1. The van der Waals surface area contributed by atoms with Crippen molar-refractivity contribution in [1.82, 2.24) is 4.98 Å². The molecule has 1 aromatic rings.